The second kappa shape index (κ2) is 5.62. The predicted octanol–water partition coefficient (Wildman–Crippen LogP) is 1.18. The Bertz CT molecular complexity index is 401. The van der Waals surface area contributed by atoms with Crippen molar-refractivity contribution < 1.29 is 9.66 Å². The van der Waals surface area contributed by atoms with Gasteiger partial charge < -0.3 is 10.5 Å². The van der Waals surface area contributed by atoms with Gasteiger partial charge in [-0.15, -0.1) is 0 Å². The summed E-state index contributed by atoms with van der Waals surface area (Å²) in [6.45, 7) is 4.56. The Kier molecular flexibility index (Phi) is 4.45. The van der Waals surface area contributed by atoms with Crippen LogP contribution in [-0.4, -0.2) is 27.9 Å². The first-order valence-electron chi connectivity index (χ1n) is 5.53. The van der Waals surface area contributed by atoms with Crippen LogP contribution in [0.5, 0.6) is 5.88 Å². The van der Waals surface area contributed by atoms with Crippen LogP contribution < -0.4 is 10.5 Å². The second-order valence-electron chi connectivity index (χ2n) is 4.07. The quantitative estimate of drug-likeness (QED) is 0.459. The van der Waals surface area contributed by atoms with E-state index in [9.17, 15) is 10.1 Å². The minimum absolute atomic E-state index is 0.0199. The van der Waals surface area contributed by atoms with Crippen LogP contribution >= 0.6 is 0 Å². The minimum atomic E-state index is -0.444. The van der Waals surface area contributed by atoms with Crippen molar-refractivity contribution in [3.63, 3.8) is 0 Å². The Balaban J connectivity index is 3.05. The van der Waals surface area contributed by atoms with E-state index in [1.54, 1.807) is 7.05 Å². The van der Waals surface area contributed by atoms with Crippen LogP contribution in [0.15, 0.2) is 0 Å². The fourth-order valence-electron chi connectivity index (χ4n) is 1.49. The Morgan fingerprint density at radius 1 is 1.59 bits per heavy atom. The first-order chi connectivity index (χ1) is 7.99. The van der Waals surface area contributed by atoms with E-state index in [1.807, 2.05) is 13.8 Å². The molecule has 0 saturated carbocycles. The fourth-order valence-corrected chi connectivity index (χ4v) is 1.49. The molecule has 1 aromatic heterocycles. The van der Waals surface area contributed by atoms with Gasteiger partial charge in [0.2, 0.25) is 0 Å². The van der Waals surface area contributed by atoms with Gasteiger partial charge in [-0.25, -0.2) is 4.68 Å². The lowest BCUT2D eigenvalue weighted by atomic mass is 10.1. The zero-order valence-electron chi connectivity index (χ0n) is 10.3. The molecule has 0 aliphatic heterocycles. The third kappa shape index (κ3) is 2.94. The molecular weight excluding hydrogens is 224 g/mol. The van der Waals surface area contributed by atoms with Gasteiger partial charge in [0, 0.05) is 13.0 Å². The van der Waals surface area contributed by atoms with Crippen molar-refractivity contribution in [2.75, 3.05) is 13.2 Å². The number of nitrogens with two attached hydrogens (primary N) is 1. The molecule has 17 heavy (non-hydrogen) atoms. The summed E-state index contributed by atoms with van der Waals surface area (Å²) in [7, 11) is 1.64. The topological polar surface area (TPSA) is 96.2 Å². The monoisotopic (exact) mass is 242 g/mol. The highest BCUT2D eigenvalue weighted by molar-refractivity contribution is 5.47. The van der Waals surface area contributed by atoms with E-state index < -0.39 is 4.92 Å². The molecule has 0 atom stereocenters. The van der Waals surface area contributed by atoms with E-state index >= 15 is 0 Å². The van der Waals surface area contributed by atoms with Crippen LogP contribution in [0.1, 0.15) is 31.9 Å². The number of rotatable bonds is 6. The third-order valence-corrected chi connectivity index (χ3v) is 2.31. The van der Waals surface area contributed by atoms with Crippen molar-refractivity contribution in [3.05, 3.63) is 15.8 Å². The van der Waals surface area contributed by atoms with Gasteiger partial charge in [-0.05, 0) is 13.0 Å². The molecule has 7 heteroatoms. The summed E-state index contributed by atoms with van der Waals surface area (Å²) >= 11 is 0. The molecule has 1 aromatic rings. The average molecular weight is 242 g/mol. The van der Waals surface area contributed by atoms with Crippen LogP contribution in [0, 0.1) is 10.1 Å². The molecular formula is C10H18N4O3. The third-order valence-electron chi connectivity index (χ3n) is 2.31. The maximum Gasteiger partial charge on any atom is 0.353 e. The van der Waals surface area contributed by atoms with Crippen molar-refractivity contribution in [2.45, 2.75) is 26.2 Å². The molecule has 0 radical (unpaired) electrons. The van der Waals surface area contributed by atoms with Crippen molar-refractivity contribution in [2.24, 2.45) is 12.8 Å². The minimum Gasteiger partial charge on any atom is -0.473 e. The number of ether oxygens (including phenoxy) is 1. The standard InChI is InChI=1S/C10H18N4O3/c1-7(2)8-9(14(15)16)10(13(3)12-8)17-6-4-5-11/h7H,4-6,11H2,1-3H3. The smallest absolute Gasteiger partial charge is 0.353 e. The summed E-state index contributed by atoms with van der Waals surface area (Å²) in [6.07, 6.45) is 0.652. The average Bonchev–Trinajstić information content (AvgIpc) is 2.57. The van der Waals surface area contributed by atoms with E-state index in [-0.39, 0.29) is 17.5 Å². The molecule has 1 rings (SSSR count). The van der Waals surface area contributed by atoms with Crippen LogP contribution in [0.4, 0.5) is 5.69 Å². The number of nitro groups is 1. The summed E-state index contributed by atoms with van der Waals surface area (Å²) in [5, 5.41) is 15.2. The van der Waals surface area contributed by atoms with E-state index in [1.165, 1.54) is 4.68 Å². The van der Waals surface area contributed by atoms with Gasteiger partial charge in [0.05, 0.1) is 11.5 Å². The molecule has 1 heterocycles. The van der Waals surface area contributed by atoms with Gasteiger partial charge in [-0.2, -0.15) is 5.10 Å². The maximum absolute atomic E-state index is 11.0. The molecule has 0 aliphatic carbocycles. The molecule has 0 bridgehead atoms. The zero-order valence-corrected chi connectivity index (χ0v) is 10.3. The van der Waals surface area contributed by atoms with Gasteiger partial charge in [0.15, 0.2) is 0 Å². The van der Waals surface area contributed by atoms with E-state index in [0.29, 0.717) is 25.3 Å². The number of hydrogen-bond donors (Lipinski definition) is 1. The van der Waals surface area contributed by atoms with Gasteiger partial charge in [0.25, 0.3) is 5.88 Å². The van der Waals surface area contributed by atoms with Crippen molar-refractivity contribution in [1.29, 1.82) is 0 Å². The zero-order chi connectivity index (χ0) is 13.0. The number of nitrogens with zero attached hydrogens (tertiary/aromatic N) is 3. The lowest BCUT2D eigenvalue weighted by molar-refractivity contribution is -0.386. The number of aromatic nitrogens is 2. The summed E-state index contributed by atoms with van der Waals surface area (Å²) in [4.78, 5) is 10.6. The van der Waals surface area contributed by atoms with Gasteiger partial charge >= 0.3 is 5.69 Å². The largest absolute Gasteiger partial charge is 0.473 e. The van der Waals surface area contributed by atoms with Crippen LogP contribution in [0.25, 0.3) is 0 Å². The Morgan fingerprint density at radius 2 is 2.24 bits per heavy atom. The van der Waals surface area contributed by atoms with E-state index in [2.05, 4.69) is 5.10 Å². The molecule has 0 spiro atoms. The number of aryl methyl sites for hydroxylation is 1. The molecule has 96 valence electrons. The van der Waals surface area contributed by atoms with E-state index in [4.69, 9.17) is 10.5 Å². The van der Waals surface area contributed by atoms with Gasteiger partial charge in [0.1, 0.15) is 5.69 Å². The molecule has 0 aliphatic rings. The van der Waals surface area contributed by atoms with E-state index in [0.717, 1.165) is 0 Å². The maximum atomic E-state index is 11.0. The fraction of sp³-hybridized carbons (Fsp3) is 0.700. The molecule has 0 fully saturated rings. The summed E-state index contributed by atoms with van der Waals surface area (Å²) < 4.78 is 6.79. The SMILES string of the molecule is CC(C)c1nn(C)c(OCCCN)c1[N+](=O)[O-]. The summed E-state index contributed by atoms with van der Waals surface area (Å²) in [5.41, 5.74) is 5.75. The van der Waals surface area contributed by atoms with Crippen molar-refractivity contribution in [1.82, 2.24) is 9.78 Å². The molecule has 0 unspecified atom stereocenters. The Labute approximate surface area is 99.7 Å². The first-order valence-corrected chi connectivity index (χ1v) is 5.53. The molecule has 2 N–H and O–H groups in total. The highest BCUT2D eigenvalue weighted by atomic mass is 16.6. The number of hydrogen-bond acceptors (Lipinski definition) is 5. The molecule has 0 saturated heterocycles. The normalized spacial score (nSPS) is 10.9. The summed E-state index contributed by atoms with van der Waals surface area (Å²) in [5.74, 6) is 0.181. The molecule has 0 amide bonds. The Hall–Kier alpha value is -1.63. The summed E-state index contributed by atoms with van der Waals surface area (Å²) in [6, 6.07) is 0. The van der Waals surface area contributed by atoms with Crippen molar-refractivity contribution in [3.8, 4) is 5.88 Å². The Morgan fingerprint density at radius 3 is 2.71 bits per heavy atom. The van der Waals surface area contributed by atoms with Crippen molar-refractivity contribution >= 4 is 5.69 Å². The van der Waals surface area contributed by atoms with Crippen LogP contribution in [0.3, 0.4) is 0 Å². The highest BCUT2D eigenvalue weighted by Gasteiger charge is 2.29. The van der Waals surface area contributed by atoms with Crippen LogP contribution in [0.2, 0.25) is 0 Å². The lowest BCUT2D eigenvalue weighted by Gasteiger charge is -2.04. The van der Waals surface area contributed by atoms with Gasteiger partial charge in [-0.1, -0.05) is 13.8 Å². The van der Waals surface area contributed by atoms with Crippen LogP contribution in [-0.2, 0) is 7.05 Å². The second-order valence-corrected chi connectivity index (χ2v) is 4.07. The highest BCUT2D eigenvalue weighted by Crippen LogP contribution is 2.34. The predicted molar refractivity (Wildman–Crippen MR) is 63.1 cm³/mol. The lowest BCUT2D eigenvalue weighted by Crippen LogP contribution is -2.09. The molecule has 7 nitrogen and oxygen atoms in total. The first kappa shape index (κ1) is 13.4. The van der Waals surface area contributed by atoms with Gasteiger partial charge in [-0.3, -0.25) is 10.1 Å². The molecule has 0 aromatic carbocycles.